The number of para-hydroxylation sites is 1. The van der Waals surface area contributed by atoms with Crippen LogP contribution in [0, 0.1) is 0 Å². The summed E-state index contributed by atoms with van der Waals surface area (Å²) in [5, 5.41) is 3.47. The molecule has 1 aromatic heterocycles. The molecular formula is C25H24ClN3O3. The lowest BCUT2D eigenvalue weighted by atomic mass is 10.2. The van der Waals surface area contributed by atoms with E-state index in [4.69, 9.17) is 16.0 Å². The van der Waals surface area contributed by atoms with Gasteiger partial charge in [-0.25, -0.2) is 0 Å². The molecule has 1 saturated heterocycles. The van der Waals surface area contributed by atoms with Gasteiger partial charge >= 0.3 is 0 Å². The van der Waals surface area contributed by atoms with Crippen molar-refractivity contribution in [1.29, 1.82) is 0 Å². The second-order valence-electron chi connectivity index (χ2n) is 7.52. The SMILES string of the molecule is CC(=O)N1CCN(c2c(Cl)cccc2NC(=O)/C=C/c2ccc(-c3ccccc3)o2)CC1. The average Bonchev–Trinajstić information content (AvgIpc) is 3.28. The first kappa shape index (κ1) is 21.7. The summed E-state index contributed by atoms with van der Waals surface area (Å²) in [6.45, 7) is 4.12. The highest BCUT2D eigenvalue weighted by Gasteiger charge is 2.22. The van der Waals surface area contributed by atoms with E-state index >= 15 is 0 Å². The Morgan fingerprint density at radius 2 is 1.72 bits per heavy atom. The van der Waals surface area contributed by atoms with Crippen molar-refractivity contribution in [2.24, 2.45) is 0 Å². The van der Waals surface area contributed by atoms with Crippen LogP contribution in [0.5, 0.6) is 0 Å². The molecule has 0 bridgehead atoms. The van der Waals surface area contributed by atoms with E-state index < -0.39 is 0 Å². The fourth-order valence-electron chi connectivity index (χ4n) is 3.71. The second kappa shape index (κ2) is 9.75. The van der Waals surface area contributed by atoms with Crippen molar-refractivity contribution in [3.05, 3.63) is 77.5 Å². The van der Waals surface area contributed by atoms with Crippen LogP contribution < -0.4 is 10.2 Å². The highest BCUT2D eigenvalue weighted by molar-refractivity contribution is 6.34. The van der Waals surface area contributed by atoms with Crippen molar-refractivity contribution in [1.82, 2.24) is 4.90 Å². The predicted octanol–water partition coefficient (Wildman–Crippen LogP) is 4.92. The first-order valence-corrected chi connectivity index (χ1v) is 10.8. The smallest absolute Gasteiger partial charge is 0.248 e. The molecule has 3 aromatic rings. The van der Waals surface area contributed by atoms with Crippen molar-refractivity contribution in [3.63, 3.8) is 0 Å². The van der Waals surface area contributed by atoms with E-state index in [0.717, 1.165) is 17.0 Å². The third-order valence-corrected chi connectivity index (χ3v) is 5.67. The van der Waals surface area contributed by atoms with E-state index in [2.05, 4.69) is 10.2 Å². The number of anilines is 2. The summed E-state index contributed by atoms with van der Waals surface area (Å²) in [5.74, 6) is 1.11. The fraction of sp³-hybridized carbons (Fsp3) is 0.200. The largest absolute Gasteiger partial charge is 0.457 e. The minimum atomic E-state index is -0.284. The van der Waals surface area contributed by atoms with Crippen LogP contribution in [0.1, 0.15) is 12.7 Å². The van der Waals surface area contributed by atoms with E-state index in [0.29, 0.717) is 42.6 Å². The van der Waals surface area contributed by atoms with E-state index in [1.165, 1.54) is 6.08 Å². The maximum Gasteiger partial charge on any atom is 0.248 e. The van der Waals surface area contributed by atoms with Crippen LogP contribution in [0.25, 0.3) is 17.4 Å². The summed E-state index contributed by atoms with van der Waals surface area (Å²) < 4.78 is 5.81. The monoisotopic (exact) mass is 449 g/mol. The molecule has 2 amide bonds. The molecule has 0 atom stereocenters. The lowest BCUT2D eigenvalue weighted by molar-refractivity contribution is -0.129. The predicted molar refractivity (Wildman–Crippen MR) is 128 cm³/mol. The Morgan fingerprint density at radius 1 is 0.969 bits per heavy atom. The molecule has 0 radical (unpaired) electrons. The fourth-order valence-corrected chi connectivity index (χ4v) is 4.01. The van der Waals surface area contributed by atoms with Crippen LogP contribution in [-0.2, 0) is 9.59 Å². The van der Waals surface area contributed by atoms with Crippen LogP contribution in [0.2, 0.25) is 5.02 Å². The molecule has 0 aliphatic carbocycles. The third kappa shape index (κ3) is 5.03. The molecular weight excluding hydrogens is 426 g/mol. The van der Waals surface area contributed by atoms with Gasteiger partial charge < -0.3 is 19.5 Å². The number of hydrogen-bond acceptors (Lipinski definition) is 4. The quantitative estimate of drug-likeness (QED) is 0.561. The molecule has 4 rings (SSSR count). The minimum Gasteiger partial charge on any atom is -0.457 e. The van der Waals surface area contributed by atoms with Crippen molar-refractivity contribution in [2.75, 3.05) is 36.4 Å². The Kier molecular flexibility index (Phi) is 6.61. The molecule has 0 saturated carbocycles. The number of rotatable bonds is 5. The lowest BCUT2D eigenvalue weighted by Gasteiger charge is -2.36. The van der Waals surface area contributed by atoms with Gasteiger partial charge in [-0.15, -0.1) is 0 Å². The molecule has 2 aromatic carbocycles. The summed E-state index contributed by atoms with van der Waals surface area (Å²) in [5.41, 5.74) is 2.38. The number of benzene rings is 2. The van der Waals surface area contributed by atoms with Crippen LogP contribution in [-0.4, -0.2) is 42.9 Å². The van der Waals surface area contributed by atoms with Gasteiger partial charge in [0.2, 0.25) is 11.8 Å². The molecule has 0 spiro atoms. The molecule has 1 N–H and O–H groups in total. The molecule has 1 aliphatic rings. The van der Waals surface area contributed by atoms with Gasteiger partial charge in [-0.05, 0) is 30.3 Å². The van der Waals surface area contributed by atoms with Gasteiger partial charge in [-0.1, -0.05) is 48.0 Å². The van der Waals surface area contributed by atoms with Crippen molar-refractivity contribution >= 4 is 40.9 Å². The Hall–Kier alpha value is -3.51. The summed E-state index contributed by atoms with van der Waals surface area (Å²) >= 11 is 6.47. The molecule has 7 heteroatoms. The highest BCUT2D eigenvalue weighted by Crippen LogP contribution is 2.34. The summed E-state index contributed by atoms with van der Waals surface area (Å²) in [6, 6.07) is 18.9. The van der Waals surface area contributed by atoms with Gasteiger partial charge in [0.1, 0.15) is 11.5 Å². The minimum absolute atomic E-state index is 0.0656. The van der Waals surface area contributed by atoms with Gasteiger partial charge in [0.05, 0.1) is 16.4 Å². The zero-order valence-electron chi connectivity index (χ0n) is 17.8. The van der Waals surface area contributed by atoms with Gasteiger partial charge in [-0.3, -0.25) is 9.59 Å². The zero-order chi connectivity index (χ0) is 22.5. The summed E-state index contributed by atoms with van der Waals surface area (Å²) in [6.07, 6.45) is 3.07. The molecule has 32 heavy (non-hydrogen) atoms. The number of carbonyl (C=O) groups excluding carboxylic acids is 2. The molecule has 0 unspecified atom stereocenters. The van der Waals surface area contributed by atoms with E-state index in [-0.39, 0.29) is 11.8 Å². The Labute approximate surface area is 192 Å². The maximum atomic E-state index is 12.6. The standard InChI is InChI=1S/C25H24ClN3O3/c1-18(30)28-14-16-29(17-15-28)25-21(26)8-5-9-22(25)27-24(31)13-11-20-10-12-23(32-20)19-6-3-2-4-7-19/h2-13H,14-17H2,1H3,(H,27,31)/b13-11+. The average molecular weight is 450 g/mol. The van der Waals surface area contributed by atoms with Crippen LogP contribution in [0.4, 0.5) is 11.4 Å². The number of amides is 2. The summed E-state index contributed by atoms with van der Waals surface area (Å²) in [4.78, 5) is 28.1. The molecule has 164 valence electrons. The Morgan fingerprint density at radius 3 is 2.44 bits per heavy atom. The van der Waals surface area contributed by atoms with Gasteiger partial charge in [0.25, 0.3) is 0 Å². The number of halogens is 1. The van der Waals surface area contributed by atoms with E-state index in [9.17, 15) is 9.59 Å². The molecule has 1 fully saturated rings. The Bertz CT molecular complexity index is 1130. The number of nitrogens with zero attached hydrogens (tertiary/aromatic N) is 2. The molecule has 6 nitrogen and oxygen atoms in total. The van der Waals surface area contributed by atoms with Crippen LogP contribution in [0.15, 0.2) is 71.2 Å². The zero-order valence-corrected chi connectivity index (χ0v) is 18.5. The topological polar surface area (TPSA) is 65.8 Å². The van der Waals surface area contributed by atoms with Gasteiger partial charge in [0.15, 0.2) is 0 Å². The van der Waals surface area contributed by atoms with E-state index in [1.807, 2.05) is 48.5 Å². The first-order valence-electron chi connectivity index (χ1n) is 10.4. The second-order valence-corrected chi connectivity index (χ2v) is 7.93. The van der Waals surface area contributed by atoms with E-state index in [1.54, 1.807) is 30.0 Å². The van der Waals surface area contributed by atoms with Crippen molar-refractivity contribution in [2.45, 2.75) is 6.92 Å². The summed E-state index contributed by atoms with van der Waals surface area (Å²) in [7, 11) is 0. The van der Waals surface area contributed by atoms with Crippen molar-refractivity contribution in [3.8, 4) is 11.3 Å². The number of nitrogens with one attached hydrogen (secondary N) is 1. The normalized spacial score (nSPS) is 14.1. The number of carbonyl (C=O) groups is 2. The third-order valence-electron chi connectivity index (χ3n) is 5.37. The molecule has 2 heterocycles. The van der Waals surface area contributed by atoms with Crippen molar-refractivity contribution < 1.29 is 14.0 Å². The number of furan rings is 1. The number of piperazine rings is 1. The van der Waals surface area contributed by atoms with Gasteiger partial charge in [-0.2, -0.15) is 0 Å². The number of hydrogen-bond donors (Lipinski definition) is 1. The first-order chi connectivity index (χ1) is 15.5. The lowest BCUT2D eigenvalue weighted by Crippen LogP contribution is -2.48. The highest BCUT2D eigenvalue weighted by atomic mass is 35.5. The maximum absolute atomic E-state index is 12.6. The van der Waals surface area contributed by atoms with Gasteiger partial charge in [0, 0.05) is 44.7 Å². The Balaban J connectivity index is 1.44. The molecule has 1 aliphatic heterocycles. The van der Waals surface area contributed by atoms with Crippen LogP contribution >= 0.6 is 11.6 Å². The van der Waals surface area contributed by atoms with Crippen LogP contribution in [0.3, 0.4) is 0 Å².